The predicted molar refractivity (Wildman–Crippen MR) is 85.4 cm³/mol. The quantitative estimate of drug-likeness (QED) is 0.304. The molecular weight excluding hydrogens is 312 g/mol. The molecule has 24 heavy (non-hydrogen) atoms. The van der Waals surface area contributed by atoms with Crippen LogP contribution < -0.4 is 20.9 Å². The lowest BCUT2D eigenvalue weighted by atomic mass is 10.1. The summed E-state index contributed by atoms with van der Waals surface area (Å²) in [6.07, 6.45) is 5.31. The van der Waals surface area contributed by atoms with Crippen LogP contribution in [-0.2, 0) is 20.9 Å². The molecule has 0 aromatic carbocycles. The van der Waals surface area contributed by atoms with Crippen LogP contribution >= 0.6 is 0 Å². The van der Waals surface area contributed by atoms with Gasteiger partial charge >= 0.3 is 5.97 Å². The fourth-order valence-electron chi connectivity index (χ4n) is 2.14. The van der Waals surface area contributed by atoms with Crippen molar-refractivity contribution in [1.29, 1.82) is 0 Å². The summed E-state index contributed by atoms with van der Waals surface area (Å²) in [5.41, 5.74) is 3.70. The number of hydrogen-bond donors (Lipinski definition) is 4. The second-order valence-electron chi connectivity index (χ2n) is 5.59. The van der Waals surface area contributed by atoms with Crippen LogP contribution in [0.15, 0.2) is 30.6 Å². The highest BCUT2D eigenvalue weighted by Crippen LogP contribution is 2.01. The molecule has 0 saturated heterocycles. The predicted octanol–water partition coefficient (Wildman–Crippen LogP) is -1.54. The minimum atomic E-state index is -1.08. The number of rotatable bonds is 10. The largest absolute Gasteiger partial charge is 0.480 e. The molecule has 8 nitrogen and oxygen atoms in total. The van der Waals surface area contributed by atoms with Crippen molar-refractivity contribution in [2.24, 2.45) is 0 Å². The molecule has 0 unspecified atom stereocenters. The third kappa shape index (κ3) is 7.19. The lowest BCUT2D eigenvalue weighted by Crippen LogP contribution is -2.53. The first-order valence-corrected chi connectivity index (χ1v) is 8.00. The molecular formula is C16H26N4O4+2. The number of carboxylic acid groups (broad SMARTS) is 1. The fourth-order valence-corrected chi connectivity index (χ4v) is 2.14. The minimum absolute atomic E-state index is 0.0876. The van der Waals surface area contributed by atoms with Gasteiger partial charge in [-0.1, -0.05) is 6.07 Å². The van der Waals surface area contributed by atoms with Gasteiger partial charge in [0.15, 0.2) is 12.4 Å². The summed E-state index contributed by atoms with van der Waals surface area (Å²) in [6, 6.07) is 3.67. The van der Waals surface area contributed by atoms with Crippen molar-refractivity contribution >= 4 is 17.8 Å². The Morgan fingerprint density at radius 1 is 1.12 bits per heavy atom. The van der Waals surface area contributed by atoms with Crippen molar-refractivity contribution in [2.75, 3.05) is 6.54 Å². The summed E-state index contributed by atoms with van der Waals surface area (Å²) >= 11 is 0. The first-order valence-electron chi connectivity index (χ1n) is 8.00. The summed E-state index contributed by atoms with van der Waals surface area (Å²) in [4.78, 5) is 35.2. The van der Waals surface area contributed by atoms with E-state index in [0.29, 0.717) is 12.8 Å². The molecule has 0 radical (unpaired) electrons. The van der Waals surface area contributed by atoms with Crippen molar-refractivity contribution in [2.45, 2.75) is 44.8 Å². The van der Waals surface area contributed by atoms with E-state index in [4.69, 9.17) is 5.11 Å². The molecule has 2 atom stereocenters. The molecule has 0 aliphatic carbocycles. The van der Waals surface area contributed by atoms with Crippen molar-refractivity contribution in [3.63, 3.8) is 0 Å². The van der Waals surface area contributed by atoms with Crippen molar-refractivity contribution in [3.8, 4) is 0 Å². The van der Waals surface area contributed by atoms with Gasteiger partial charge in [-0.05, 0) is 26.2 Å². The number of aromatic nitrogens is 1. The van der Waals surface area contributed by atoms with Crippen molar-refractivity contribution in [1.82, 2.24) is 10.6 Å². The van der Waals surface area contributed by atoms with Gasteiger partial charge in [0.05, 0.1) is 6.54 Å². The molecule has 0 saturated carbocycles. The number of pyridine rings is 1. The van der Waals surface area contributed by atoms with Crippen LogP contribution in [0.25, 0.3) is 0 Å². The number of amides is 2. The lowest BCUT2D eigenvalue weighted by molar-refractivity contribution is -0.684. The summed E-state index contributed by atoms with van der Waals surface area (Å²) in [5, 5.41) is 14.2. The summed E-state index contributed by atoms with van der Waals surface area (Å²) in [6.45, 7) is 2.34. The Hall–Kier alpha value is -2.48. The van der Waals surface area contributed by atoms with Crippen LogP contribution in [-0.4, -0.2) is 41.5 Å². The first kappa shape index (κ1) is 19.6. The van der Waals surface area contributed by atoms with Crippen molar-refractivity contribution < 1.29 is 29.8 Å². The van der Waals surface area contributed by atoms with E-state index < -0.39 is 24.0 Å². The van der Waals surface area contributed by atoms with E-state index in [-0.39, 0.29) is 12.5 Å². The summed E-state index contributed by atoms with van der Waals surface area (Å²) in [5.74, 6) is -1.91. The van der Waals surface area contributed by atoms with Gasteiger partial charge in [0, 0.05) is 12.1 Å². The number of carbonyl (C=O) groups excluding carboxylic acids is 2. The highest BCUT2D eigenvalue weighted by atomic mass is 16.4. The van der Waals surface area contributed by atoms with Crippen LogP contribution in [0.3, 0.4) is 0 Å². The van der Waals surface area contributed by atoms with Crippen LogP contribution in [0.2, 0.25) is 0 Å². The molecule has 0 spiro atoms. The number of aliphatic carboxylic acids is 1. The Labute approximate surface area is 141 Å². The zero-order valence-corrected chi connectivity index (χ0v) is 13.9. The van der Waals surface area contributed by atoms with Crippen molar-refractivity contribution in [3.05, 3.63) is 30.6 Å². The van der Waals surface area contributed by atoms with Gasteiger partial charge in [-0.3, -0.25) is 9.59 Å². The maximum Gasteiger partial charge on any atom is 0.326 e. The van der Waals surface area contributed by atoms with E-state index in [2.05, 4.69) is 16.4 Å². The Bertz CT molecular complexity index is 550. The fraction of sp³-hybridized carbons (Fsp3) is 0.500. The normalized spacial score (nSPS) is 12.9. The molecule has 0 fully saturated rings. The molecule has 0 aliphatic heterocycles. The Morgan fingerprint density at radius 2 is 1.79 bits per heavy atom. The highest BCUT2D eigenvalue weighted by Gasteiger charge is 2.24. The number of hydrogen-bond acceptors (Lipinski definition) is 3. The third-order valence-electron chi connectivity index (χ3n) is 3.48. The van der Waals surface area contributed by atoms with E-state index in [9.17, 15) is 14.4 Å². The zero-order valence-electron chi connectivity index (χ0n) is 13.9. The smallest absolute Gasteiger partial charge is 0.326 e. The van der Waals surface area contributed by atoms with E-state index in [1.165, 1.54) is 6.92 Å². The van der Waals surface area contributed by atoms with Crippen LogP contribution in [0.4, 0.5) is 0 Å². The van der Waals surface area contributed by atoms with Gasteiger partial charge in [-0.15, -0.1) is 0 Å². The van der Waals surface area contributed by atoms with Gasteiger partial charge < -0.3 is 21.5 Å². The number of nitrogens with one attached hydrogen (secondary N) is 2. The Balaban J connectivity index is 2.47. The minimum Gasteiger partial charge on any atom is -0.480 e. The average molecular weight is 338 g/mol. The van der Waals surface area contributed by atoms with Gasteiger partial charge in [0.2, 0.25) is 12.5 Å². The van der Waals surface area contributed by atoms with Gasteiger partial charge in [0.25, 0.3) is 5.91 Å². The molecule has 1 heterocycles. The third-order valence-corrected chi connectivity index (χ3v) is 3.48. The van der Waals surface area contributed by atoms with Gasteiger partial charge in [0.1, 0.15) is 12.1 Å². The monoisotopic (exact) mass is 338 g/mol. The standard InChI is InChI=1S/C16H24N4O4/c1-12(18-14(21)11-20-9-5-2-6-10-20)15(22)19-13(16(23)24)7-3-4-8-17/h2,5-6,9-10,12-13H,3-4,7-8,11,17H2,1H3,(H2-,18,19,21,22,23,24)/p+2/t12-,13-/m0/s1. The van der Waals surface area contributed by atoms with E-state index in [0.717, 1.165) is 13.0 Å². The van der Waals surface area contributed by atoms with Crippen LogP contribution in [0.1, 0.15) is 26.2 Å². The second-order valence-corrected chi connectivity index (χ2v) is 5.59. The molecule has 1 aromatic heterocycles. The molecule has 1 aromatic rings. The number of quaternary nitrogens is 1. The molecule has 132 valence electrons. The van der Waals surface area contributed by atoms with E-state index in [1.807, 2.05) is 6.07 Å². The number of carboxylic acids is 1. The topological polar surface area (TPSA) is 127 Å². The van der Waals surface area contributed by atoms with Crippen LogP contribution in [0, 0.1) is 0 Å². The van der Waals surface area contributed by atoms with Crippen LogP contribution in [0.5, 0.6) is 0 Å². The van der Waals surface area contributed by atoms with E-state index in [1.54, 1.807) is 29.1 Å². The number of unbranched alkanes of at least 4 members (excludes halogenated alkanes) is 1. The van der Waals surface area contributed by atoms with Gasteiger partial charge in [-0.2, -0.15) is 4.57 Å². The number of carbonyl (C=O) groups is 3. The lowest BCUT2D eigenvalue weighted by Gasteiger charge is -2.18. The molecule has 6 N–H and O–H groups in total. The first-order chi connectivity index (χ1) is 11.4. The SMILES string of the molecule is C[C@H](NC(=O)C[n+]1ccccc1)C(=O)N[C@@H](CCCC[NH3+])C(=O)O. The summed E-state index contributed by atoms with van der Waals surface area (Å²) in [7, 11) is 0. The Morgan fingerprint density at radius 3 is 2.38 bits per heavy atom. The molecule has 0 aliphatic rings. The molecule has 0 bridgehead atoms. The maximum atomic E-state index is 12.1. The highest BCUT2D eigenvalue weighted by molar-refractivity contribution is 5.89. The second kappa shape index (κ2) is 10.3. The van der Waals surface area contributed by atoms with E-state index >= 15 is 0 Å². The summed E-state index contributed by atoms with van der Waals surface area (Å²) < 4.78 is 1.68. The molecule has 8 heteroatoms. The average Bonchev–Trinajstić information content (AvgIpc) is 2.54. The Kier molecular flexibility index (Phi) is 8.42. The number of nitrogens with zero attached hydrogens (tertiary/aromatic N) is 1. The molecule has 2 amide bonds. The van der Waals surface area contributed by atoms with Gasteiger partial charge in [-0.25, -0.2) is 4.79 Å². The maximum absolute atomic E-state index is 12.1. The molecule has 1 rings (SSSR count). The zero-order chi connectivity index (χ0) is 17.9.